The maximum absolute atomic E-state index is 11.0. The van der Waals surface area contributed by atoms with Gasteiger partial charge in [0, 0.05) is 6.54 Å². The summed E-state index contributed by atoms with van der Waals surface area (Å²) >= 11 is 0. The minimum atomic E-state index is -0.732. The maximum Gasteiger partial charge on any atom is 0.368 e. The van der Waals surface area contributed by atoms with E-state index in [1.165, 1.54) is 0 Å². The van der Waals surface area contributed by atoms with Gasteiger partial charge in [0.15, 0.2) is 0 Å². The number of para-hydroxylation sites is 1. The van der Waals surface area contributed by atoms with Crippen molar-refractivity contribution in [2.45, 2.75) is 6.10 Å². The van der Waals surface area contributed by atoms with Gasteiger partial charge >= 0.3 is 6.03 Å². The Balaban J connectivity index is 2.26. The number of ether oxygens (including phenoxy) is 1. The normalized spacial score (nSPS) is 15.0. The van der Waals surface area contributed by atoms with Crippen molar-refractivity contribution < 1.29 is 14.6 Å². The molecule has 0 radical (unpaired) electrons. The summed E-state index contributed by atoms with van der Waals surface area (Å²) in [6.07, 6.45) is -0.732. The third kappa shape index (κ3) is 2.07. The fourth-order valence-corrected chi connectivity index (χ4v) is 1.31. The molecule has 1 heterocycles. The lowest BCUT2D eigenvalue weighted by molar-refractivity contribution is 0.113. The maximum atomic E-state index is 11.0. The number of carbonyl (C=O) groups is 1. The third-order valence-corrected chi connectivity index (χ3v) is 2.10. The molecule has 1 atom stereocenters. The van der Waals surface area contributed by atoms with E-state index in [9.17, 15) is 9.90 Å². The van der Waals surface area contributed by atoms with E-state index < -0.39 is 12.1 Å². The van der Waals surface area contributed by atoms with Crippen molar-refractivity contribution in [3.05, 3.63) is 28.9 Å². The second-order valence-corrected chi connectivity index (χ2v) is 3.33. The number of benzene rings is 1. The van der Waals surface area contributed by atoms with E-state index in [-0.39, 0.29) is 13.2 Å². The van der Waals surface area contributed by atoms with Crippen LogP contribution in [0.4, 0.5) is 4.79 Å². The first-order valence-electron chi connectivity index (χ1n) is 4.82. The summed E-state index contributed by atoms with van der Waals surface area (Å²) < 4.78 is 5.31. The predicted molar refractivity (Wildman–Crippen MR) is 54.7 cm³/mol. The van der Waals surface area contributed by atoms with Gasteiger partial charge in [0.05, 0.1) is 5.36 Å². The monoisotopic (exact) mass is 221 g/mol. The van der Waals surface area contributed by atoms with E-state index in [1.54, 1.807) is 18.2 Å². The Bertz CT molecular complexity index is 527. The predicted octanol–water partition coefficient (Wildman–Crippen LogP) is -1.24. The number of nitrogens with two attached hydrogens (primary N) is 1. The molecule has 1 aliphatic heterocycles. The first kappa shape index (κ1) is 10.7. The Kier molecular flexibility index (Phi) is 2.93. The molecular weight excluding hydrogens is 210 g/mol. The van der Waals surface area contributed by atoms with Crippen molar-refractivity contribution in [1.82, 2.24) is 0 Å². The van der Waals surface area contributed by atoms with Crippen molar-refractivity contribution in [3.63, 3.8) is 0 Å². The van der Waals surface area contributed by atoms with Crippen molar-refractivity contribution in [3.8, 4) is 5.75 Å². The summed E-state index contributed by atoms with van der Waals surface area (Å²) in [7, 11) is 0. The van der Waals surface area contributed by atoms with Gasteiger partial charge in [-0.1, -0.05) is 6.07 Å². The van der Waals surface area contributed by atoms with Crippen LogP contribution in [0.15, 0.2) is 28.2 Å². The van der Waals surface area contributed by atoms with Crippen LogP contribution >= 0.6 is 0 Å². The Hall–Kier alpha value is -1.79. The Labute approximate surface area is 91.1 Å². The van der Waals surface area contributed by atoms with E-state index >= 15 is 0 Å². The molecule has 1 aromatic carbocycles. The van der Waals surface area contributed by atoms with Crippen LogP contribution in [0, 0.1) is 0 Å². The number of aliphatic hydroxyl groups excluding tert-OH is 1. The smallest absolute Gasteiger partial charge is 0.368 e. The topological polar surface area (TPSA) is 97.3 Å². The highest BCUT2D eigenvalue weighted by Gasteiger charge is 2.10. The van der Waals surface area contributed by atoms with Crippen LogP contribution < -0.4 is 21.2 Å². The van der Waals surface area contributed by atoms with Crippen LogP contribution in [0.1, 0.15) is 0 Å². The van der Waals surface area contributed by atoms with Gasteiger partial charge in [0.25, 0.3) is 0 Å². The minimum Gasteiger partial charge on any atom is -0.488 e. The lowest BCUT2D eigenvalue weighted by Gasteiger charge is -2.09. The van der Waals surface area contributed by atoms with Crippen LogP contribution in [-0.4, -0.2) is 30.4 Å². The zero-order valence-electron chi connectivity index (χ0n) is 8.46. The first-order chi connectivity index (χ1) is 7.70. The lowest BCUT2D eigenvalue weighted by atomic mass is 10.3. The fraction of sp³-hybridized carbons (Fsp3) is 0.300. The summed E-state index contributed by atoms with van der Waals surface area (Å²) in [5.74, 6) is 0.430. The molecule has 0 fully saturated rings. The average molecular weight is 221 g/mol. The van der Waals surface area contributed by atoms with E-state index in [0.717, 1.165) is 0 Å². The molecule has 0 bridgehead atoms. The van der Waals surface area contributed by atoms with Crippen molar-refractivity contribution in [2.75, 3.05) is 13.2 Å². The second kappa shape index (κ2) is 4.38. The Morgan fingerprint density at radius 3 is 3.00 bits per heavy atom. The number of hydrogen-bond acceptors (Lipinski definition) is 4. The van der Waals surface area contributed by atoms with Gasteiger partial charge in [0.2, 0.25) is 0 Å². The number of nitrogens with zero attached hydrogens (tertiary/aromatic N) is 2. The molecule has 0 aliphatic carbocycles. The van der Waals surface area contributed by atoms with Crippen molar-refractivity contribution >= 4 is 6.03 Å². The summed E-state index contributed by atoms with van der Waals surface area (Å²) in [5, 5.41) is 10.2. The van der Waals surface area contributed by atoms with E-state index in [1.807, 2.05) is 0 Å². The first-order valence-corrected chi connectivity index (χ1v) is 4.82. The molecule has 2 rings (SSSR count). The van der Waals surface area contributed by atoms with Crippen molar-refractivity contribution in [1.29, 1.82) is 0 Å². The number of urea groups is 1. The molecule has 1 unspecified atom stereocenters. The van der Waals surface area contributed by atoms with Crippen molar-refractivity contribution in [2.24, 2.45) is 15.7 Å². The number of hydrogen-bond donors (Lipinski definition) is 2. The number of carbonyl (C=O) groups excluding carboxylic acids is 1. The molecule has 2 amide bonds. The van der Waals surface area contributed by atoms with E-state index in [0.29, 0.717) is 16.5 Å². The van der Waals surface area contributed by atoms with Gasteiger partial charge in [-0.05, 0) is 12.1 Å². The molecule has 1 aromatic rings. The molecule has 0 spiro atoms. The summed E-state index contributed by atoms with van der Waals surface area (Å²) in [6, 6.07) is 4.52. The van der Waals surface area contributed by atoms with Gasteiger partial charge in [-0.3, -0.25) is 0 Å². The SMILES string of the molecule is NCC(O)COc1cccc2c1=NC(=O)N=2. The third-order valence-electron chi connectivity index (χ3n) is 2.10. The molecule has 0 saturated carbocycles. The molecule has 84 valence electrons. The number of rotatable bonds is 4. The molecule has 16 heavy (non-hydrogen) atoms. The van der Waals surface area contributed by atoms with Crippen LogP contribution in [-0.2, 0) is 0 Å². The summed E-state index contributed by atoms with van der Waals surface area (Å²) in [4.78, 5) is 18.4. The second-order valence-electron chi connectivity index (χ2n) is 3.33. The van der Waals surface area contributed by atoms with Crippen LogP contribution in [0.2, 0.25) is 0 Å². The van der Waals surface area contributed by atoms with E-state index in [4.69, 9.17) is 10.5 Å². The minimum absolute atomic E-state index is 0.0661. The highest BCUT2D eigenvalue weighted by molar-refractivity contribution is 5.77. The van der Waals surface area contributed by atoms with Gasteiger partial charge in [0.1, 0.15) is 23.8 Å². The largest absolute Gasteiger partial charge is 0.488 e. The highest BCUT2D eigenvalue weighted by Crippen LogP contribution is 2.02. The number of amides is 2. The van der Waals surface area contributed by atoms with Gasteiger partial charge in [-0.2, -0.15) is 9.98 Å². The zero-order chi connectivity index (χ0) is 11.5. The van der Waals surface area contributed by atoms with Crippen LogP contribution in [0.3, 0.4) is 0 Å². The quantitative estimate of drug-likeness (QED) is 0.664. The summed E-state index contributed by atoms with van der Waals surface area (Å²) in [6.45, 7) is 0.187. The molecule has 1 aliphatic rings. The lowest BCUT2D eigenvalue weighted by Crippen LogP contribution is -2.30. The molecule has 0 aromatic heterocycles. The fourth-order valence-electron chi connectivity index (χ4n) is 1.31. The van der Waals surface area contributed by atoms with Gasteiger partial charge in [-0.25, -0.2) is 4.79 Å². The number of aliphatic hydroxyl groups is 1. The molecule has 0 saturated heterocycles. The molecule has 6 nitrogen and oxygen atoms in total. The number of fused-ring (bicyclic) bond motifs is 1. The van der Waals surface area contributed by atoms with E-state index in [2.05, 4.69) is 9.98 Å². The standard InChI is InChI=1S/C10H11N3O3/c11-4-6(14)5-16-8-3-1-2-7-9(8)13-10(15)12-7/h1-3,6,14H,4-5,11H2. The molecule has 6 heteroatoms. The van der Waals surface area contributed by atoms with Crippen LogP contribution in [0.25, 0.3) is 0 Å². The zero-order valence-corrected chi connectivity index (χ0v) is 8.46. The highest BCUT2D eigenvalue weighted by atomic mass is 16.5. The van der Waals surface area contributed by atoms with Crippen LogP contribution in [0.5, 0.6) is 5.75 Å². The Morgan fingerprint density at radius 2 is 2.25 bits per heavy atom. The summed E-state index contributed by atoms with van der Waals surface area (Å²) in [5.41, 5.74) is 5.24. The average Bonchev–Trinajstić information content (AvgIpc) is 2.66. The van der Waals surface area contributed by atoms with Gasteiger partial charge < -0.3 is 15.6 Å². The van der Waals surface area contributed by atoms with Gasteiger partial charge in [-0.15, -0.1) is 0 Å². The molecular formula is C10H11N3O3. The Morgan fingerprint density at radius 1 is 1.44 bits per heavy atom. The molecule has 3 N–H and O–H groups in total.